The fourth-order valence-electron chi connectivity index (χ4n) is 4.21. The smallest absolute Gasteiger partial charge is 0.389 e. The summed E-state index contributed by atoms with van der Waals surface area (Å²) in [5.74, 6) is -1.16. The molecule has 210 valence electrons. The van der Waals surface area contributed by atoms with Gasteiger partial charge in [0.15, 0.2) is 10.4 Å². The molecule has 0 spiro atoms. The second kappa shape index (κ2) is 10.1. The van der Waals surface area contributed by atoms with E-state index in [4.69, 9.17) is 0 Å². The van der Waals surface area contributed by atoms with Gasteiger partial charge in [-0.2, -0.15) is 26.3 Å². The molecule has 6 nitrogen and oxygen atoms in total. The van der Waals surface area contributed by atoms with Crippen LogP contribution in [0.5, 0.6) is 0 Å². The zero-order valence-electron chi connectivity index (χ0n) is 21.5. The minimum Gasteiger partial charge on any atom is -0.389 e. The highest BCUT2D eigenvalue weighted by Crippen LogP contribution is 2.52. The number of halogens is 6. The Morgan fingerprint density at radius 2 is 1.74 bits per heavy atom. The summed E-state index contributed by atoms with van der Waals surface area (Å²) in [6.45, 7) is 6.56. The molecule has 0 radical (unpaired) electrons. The third-order valence-corrected chi connectivity index (χ3v) is 7.79. The Bertz CT molecular complexity index is 1200. The number of carbonyl (C=O) groups is 2. The number of rotatable bonds is 6. The minimum atomic E-state index is -5.61. The number of amides is 2. The Kier molecular flexibility index (Phi) is 7.97. The van der Waals surface area contributed by atoms with Gasteiger partial charge in [-0.05, 0) is 64.2 Å². The lowest BCUT2D eigenvalue weighted by atomic mass is 9.79. The van der Waals surface area contributed by atoms with E-state index in [1.807, 2.05) is 6.92 Å². The van der Waals surface area contributed by atoms with E-state index >= 15 is 0 Å². The fraction of sp³-hybridized carbons (Fsp3) is 0.560. The van der Waals surface area contributed by atoms with Crippen molar-refractivity contribution in [2.24, 2.45) is 0 Å². The summed E-state index contributed by atoms with van der Waals surface area (Å²) in [5.41, 5.74) is -6.19. The average molecular weight is 566 g/mol. The lowest BCUT2D eigenvalue weighted by molar-refractivity contribution is -0.297. The van der Waals surface area contributed by atoms with Gasteiger partial charge in [-0.1, -0.05) is 18.2 Å². The summed E-state index contributed by atoms with van der Waals surface area (Å²) in [4.78, 5) is 32.1. The fourth-order valence-corrected chi connectivity index (χ4v) is 5.27. The molecule has 1 aliphatic heterocycles. The molecule has 38 heavy (non-hydrogen) atoms. The van der Waals surface area contributed by atoms with Gasteiger partial charge in [-0.15, -0.1) is 11.3 Å². The Morgan fingerprint density at radius 1 is 1.13 bits per heavy atom. The van der Waals surface area contributed by atoms with Crippen molar-refractivity contribution in [3.8, 4) is 10.4 Å². The minimum absolute atomic E-state index is 0.0536. The molecule has 0 saturated carbocycles. The zero-order chi connectivity index (χ0) is 28.8. The van der Waals surface area contributed by atoms with Crippen LogP contribution in [0.4, 0.5) is 26.3 Å². The van der Waals surface area contributed by atoms with Crippen LogP contribution in [0.2, 0.25) is 0 Å². The number of alkyl halides is 6. The van der Waals surface area contributed by atoms with Crippen LogP contribution < -0.4 is 5.32 Å². The summed E-state index contributed by atoms with van der Waals surface area (Å²) in [7, 11) is 0. The van der Waals surface area contributed by atoms with Crippen molar-refractivity contribution >= 4 is 23.2 Å². The van der Waals surface area contributed by atoms with Crippen molar-refractivity contribution in [2.75, 3.05) is 13.1 Å². The molecule has 0 unspecified atom stereocenters. The average Bonchev–Trinajstić information content (AvgIpc) is 3.41. The standard InChI is InChI=1S/C25H29F6N3O3S/c1-13-11-15(23(5,24(26,27)28)25(29,30)31)8-9-16(13)18-17(21(36)34-10-6-7-14(34)2)33-20(38-18)19(35)32-12-22(3,4)37/h8-9,11,14,37H,6-7,10,12H2,1-5H3,(H,32,35)/t14-/m1/s1. The van der Waals surface area contributed by atoms with E-state index < -0.39 is 40.7 Å². The summed E-state index contributed by atoms with van der Waals surface area (Å²) in [6.07, 6.45) is -9.71. The summed E-state index contributed by atoms with van der Waals surface area (Å²) >= 11 is 0.802. The SMILES string of the molecule is Cc1cc(C(C)(C(F)(F)F)C(F)(F)F)ccc1-c1sc(C(=O)NCC(C)(C)O)nc1C(=O)N1CCC[C@H]1C. The van der Waals surface area contributed by atoms with Gasteiger partial charge in [-0.25, -0.2) is 4.98 Å². The molecule has 2 aromatic rings. The van der Waals surface area contributed by atoms with Crippen molar-refractivity contribution in [3.05, 3.63) is 40.0 Å². The topological polar surface area (TPSA) is 82.5 Å². The Hall–Kier alpha value is -2.67. The molecule has 2 heterocycles. The monoisotopic (exact) mass is 565 g/mol. The first kappa shape index (κ1) is 29.9. The van der Waals surface area contributed by atoms with Gasteiger partial charge < -0.3 is 15.3 Å². The van der Waals surface area contributed by atoms with E-state index in [9.17, 15) is 41.0 Å². The van der Waals surface area contributed by atoms with Crippen molar-refractivity contribution in [1.82, 2.24) is 15.2 Å². The molecule has 1 aliphatic rings. The Labute approximate surface area is 220 Å². The van der Waals surface area contributed by atoms with Crippen LogP contribution in [0.3, 0.4) is 0 Å². The van der Waals surface area contributed by atoms with E-state index in [1.54, 1.807) is 4.90 Å². The number of carbonyl (C=O) groups excluding carboxylic acids is 2. The lowest BCUT2D eigenvalue weighted by Gasteiger charge is -2.34. The number of benzene rings is 1. The van der Waals surface area contributed by atoms with Crippen molar-refractivity contribution in [2.45, 2.75) is 76.9 Å². The molecule has 0 aliphatic carbocycles. The van der Waals surface area contributed by atoms with E-state index in [2.05, 4.69) is 10.3 Å². The number of likely N-dealkylation sites (tertiary alicyclic amines) is 1. The molecule has 2 amide bonds. The van der Waals surface area contributed by atoms with Crippen molar-refractivity contribution in [1.29, 1.82) is 0 Å². The van der Waals surface area contributed by atoms with Crippen LogP contribution in [-0.2, 0) is 5.41 Å². The number of aryl methyl sites for hydroxylation is 1. The van der Waals surface area contributed by atoms with Gasteiger partial charge in [0.05, 0.1) is 10.5 Å². The van der Waals surface area contributed by atoms with Gasteiger partial charge >= 0.3 is 12.4 Å². The first-order valence-electron chi connectivity index (χ1n) is 11.8. The highest BCUT2D eigenvalue weighted by Gasteiger charge is 2.68. The lowest BCUT2D eigenvalue weighted by Crippen LogP contribution is -2.51. The van der Waals surface area contributed by atoms with Crippen LogP contribution in [0.15, 0.2) is 18.2 Å². The molecular formula is C25H29F6N3O3S. The normalized spacial score (nSPS) is 17.2. The molecule has 1 atom stereocenters. The highest BCUT2D eigenvalue weighted by molar-refractivity contribution is 7.17. The largest absolute Gasteiger partial charge is 0.406 e. The van der Waals surface area contributed by atoms with Gasteiger partial charge in [-0.3, -0.25) is 9.59 Å². The molecule has 0 bridgehead atoms. The maximum atomic E-state index is 13.6. The third kappa shape index (κ3) is 5.68. The number of nitrogens with zero attached hydrogens (tertiary/aromatic N) is 2. The summed E-state index contributed by atoms with van der Waals surface area (Å²) in [6, 6.07) is 2.53. The maximum absolute atomic E-state index is 13.6. The number of hydrogen-bond acceptors (Lipinski definition) is 5. The molecule has 1 aromatic carbocycles. The molecule has 1 saturated heterocycles. The van der Waals surface area contributed by atoms with Crippen LogP contribution in [0, 0.1) is 6.92 Å². The number of aliphatic hydroxyl groups is 1. The number of aromatic nitrogens is 1. The predicted molar refractivity (Wildman–Crippen MR) is 130 cm³/mol. The van der Waals surface area contributed by atoms with Crippen LogP contribution in [0.25, 0.3) is 10.4 Å². The number of nitrogens with one attached hydrogen (secondary N) is 1. The van der Waals surface area contributed by atoms with Crippen molar-refractivity contribution in [3.63, 3.8) is 0 Å². The van der Waals surface area contributed by atoms with Gasteiger partial charge in [0.1, 0.15) is 5.69 Å². The van der Waals surface area contributed by atoms with Gasteiger partial charge in [0.25, 0.3) is 11.8 Å². The summed E-state index contributed by atoms with van der Waals surface area (Å²) < 4.78 is 81.8. The maximum Gasteiger partial charge on any atom is 0.406 e. The van der Waals surface area contributed by atoms with Crippen LogP contribution >= 0.6 is 11.3 Å². The van der Waals surface area contributed by atoms with E-state index in [0.717, 1.165) is 42.4 Å². The number of thiazole rings is 1. The van der Waals surface area contributed by atoms with E-state index in [1.165, 1.54) is 20.8 Å². The van der Waals surface area contributed by atoms with Crippen molar-refractivity contribution < 1.29 is 41.0 Å². The summed E-state index contributed by atoms with van der Waals surface area (Å²) in [5, 5.41) is 12.3. The highest BCUT2D eigenvalue weighted by atomic mass is 32.1. The quantitative estimate of drug-likeness (QED) is 0.445. The molecule has 1 aromatic heterocycles. The van der Waals surface area contributed by atoms with Crippen LogP contribution in [-0.4, -0.2) is 63.9 Å². The molecular weight excluding hydrogens is 536 g/mol. The van der Waals surface area contributed by atoms with Crippen LogP contribution in [0.1, 0.15) is 72.0 Å². The Morgan fingerprint density at radius 3 is 2.21 bits per heavy atom. The number of hydrogen-bond donors (Lipinski definition) is 2. The Balaban J connectivity index is 2.12. The molecule has 13 heteroatoms. The van der Waals surface area contributed by atoms with E-state index in [0.29, 0.717) is 6.54 Å². The first-order valence-corrected chi connectivity index (χ1v) is 12.7. The predicted octanol–water partition coefficient (Wildman–Crippen LogP) is 5.63. The molecule has 2 N–H and O–H groups in total. The first-order chi connectivity index (χ1) is 17.3. The van der Waals surface area contributed by atoms with E-state index in [-0.39, 0.29) is 46.2 Å². The second-order valence-electron chi connectivity index (χ2n) is 10.3. The van der Waals surface area contributed by atoms with Gasteiger partial charge in [0, 0.05) is 19.1 Å². The molecule has 3 rings (SSSR count). The molecule has 1 fully saturated rings. The zero-order valence-corrected chi connectivity index (χ0v) is 22.3. The third-order valence-electron chi connectivity index (χ3n) is 6.70. The second-order valence-corrected chi connectivity index (χ2v) is 11.3. The van der Waals surface area contributed by atoms with Gasteiger partial charge in [0.2, 0.25) is 0 Å².